The molecule has 1 fully saturated rings. The molecular weight excluding hydrogens is 384 g/mol. The number of piperazine rings is 1. The number of methoxy groups -OCH3 is 1. The summed E-state index contributed by atoms with van der Waals surface area (Å²) in [5.74, 6) is 0.886. The summed E-state index contributed by atoms with van der Waals surface area (Å²) in [4.78, 5) is 2.85. The normalized spacial score (nSPS) is 18.2. The van der Waals surface area contributed by atoms with Gasteiger partial charge in [0.15, 0.2) is 0 Å². The zero-order valence-electron chi connectivity index (χ0n) is 17.1. The van der Waals surface area contributed by atoms with Crippen LogP contribution in [0.2, 0.25) is 0 Å². The zero-order valence-corrected chi connectivity index (χ0v) is 17.9. The SMILES string of the molecule is COc1ccc(C)cc1CN1CCN(S(=O)(=O)C2=Cc3ccccc3CC2)CC1. The van der Waals surface area contributed by atoms with Gasteiger partial charge in [-0.2, -0.15) is 4.31 Å². The highest BCUT2D eigenvalue weighted by molar-refractivity contribution is 7.93. The molecule has 2 aliphatic rings. The van der Waals surface area contributed by atoms with Crippen LogP contribution < -0.4 is 4.74 Å². The first kappa shape index (κ1) is 20.1. The van der Waals surface area contributed by atoms with Gasteiger partial charge in [-0.05, 0) is 43.0 Å². The van der Waals surface area contributed by atoms with Crippen molar-refractivity contribution in [1.29, 1.82) is 0 Å². The quantitative estimate of drug-likeness (QED) is 0.755. The van der Waals surface area contributed by atoms with E-state index in [0.29, 0.717) is 24.4 Å². The number of allylic oxidation sites excluding steroid dienone is 1. The van der Waals surface area contributed by atoms with Gasteiger partial charge < -0.3 is 4.74 Å². The van der Waals surface area contributed by atoms with Crippen molar-refractivity contribution in [3.63, 3.8) is 0 Å². The second-order valence-electron chi connectivity index (χ2n) is 7.80. The van der Waals surface area contributed by atoms with Gasteiger partial charge in [0.25, 0.3) is 0 Å². The summed E-state index contributed by atoms with van der Waals surface area (Å²) in [7, 11) is -1.71. The van der Waals surface area contributed by atoms with Crippen molar-refractivity contribution in [3.05, 3.63) is 69.6 Å². The van der Waals surface area contributed by atoms with E-state index >= 15 is 0 Å². The third-order valence-corrected chi connectivity index (χ3v) is 7.87. The number of nitrogens with zero attached hydrogens (tertiary/aromatic N) is 2. The van der Waals surface area contributed by atoms with Crippen LogP contribution in [0.1, 0.15) is 28.7 Å². The van der Waals surface area contributed by atoms with E-state index in [1.165, 1.54) is 11.1 Å². The van der Waals surface area contributed by atoms with Crippen molar-refractivity contribution >= 4 is 16.1 Å². The lowest BCUT2D eigenvalue weighted by Gasteiger charge is -2.35. The molecule has 154 valence electrons. The maximum atomic E-state index is 13.2. The molecule has 2 aromatic rings. The molecule has 0 saturated carbocycles. The average Bonchev–Trinajstić information content (AvgIpc) is 2.74. The Morgan fingerprint density at radius 2 is 1.76 bits per heavy atom. The Hall–Kier alpha value is -2.15. The van der Waals surface area contributed by atoms with Gasteiger partial charge >= 0.3 is 0 Å². The first-order valence-electron chi connectivity index (χ1n) is 10.1. The van der Waals surface area contributed by atoms with Gasteiger partial charge in [-0.3, -0.25) is 4.90 Å². The highest BCUT2D eigenvalue weighted by Crippen LogP contribution is 2.29. The molecule has 0 N–H and O–H groups in total. The molecule has 0 unspecified atom stereocenters. The van der Waals surface area contributed by atoms with E-state index in [-0.39, 0.29) is 0 Å². The summed E-state index contributed by atoms with van der Waals surface area (Å²) in [5, 5.41) is 0. The van der Waals surface area contributed by atoms with E-state index in [1.54, 1.807) is 11.4 Å². The topological polar surface area (TPSA) is 49.9 Å². The summed E-state index contributed by atoms with van der Waals surface area (Å²) >= 11 is 0. The fourth-order valence-electron chi connectivity index (χ4n) is 4.18. The molecule has 2 aromatic carbocycles. The number of benzene rings is 2. The molecule has 1 aliphatic carbocycles. The molecule has 0 atom stereocenters. The van der Waals surface area contributed by atoms with Gasteiger partial charge in [0.05, 0.1) is 12.0 Å². The Kier molecular flexibility index (Phi) is 5.76. The van der Waals surface area contributed by atoms with Crippen LogP contribution in [0.5, 0.6) is 5.75 Å². The molecule has 4 rings (SSSR count). The van der Waals surface area contributed by atoms with Crippen LogP contribution in [-0.2, 0) is 23.0 Å². The molecule has 29 heavy (non-hydrogen) atoms. The molecule has 0 spiro atoms. The third kappa shape index (κ3) is 4.25. The van der Waals surface area contributed by atoms with Crippen LogP contribution >= 0.6 is 0 Å². The molecule has 0 aromatic heterocycles. The van der Waals surface area contributed by atoms with Gasteiger partial charge in [-0.1, -0.05) is 42.0 Å². The molecule has 6 heteroatoms. The summed E-state index contributed by atoms with van der Waals surface area (Å²) < 4.78 is 33.5. The van der Waals surface area contributed by atoms with Crippen LogP contribution in [0.15, 0.2) is 47.4 Å². The first-order chi connectivity index (χ1) is 14.0. The smallest absolute Gasteiger partial charge is 0.239 e. The minimum Gasteiger partial charge on any atom is -0.496 e. The molecule has 0 bridgehead atoms. The minimum absolute atomic E-state index is 0.523. The maximum absolute atomic E-state index is 13.2. The van der Waals surface area contributed by atoms with Crippen LogP contribution in [-0.4, -0.2) is 50.9 Å². The van der Waals surface area contributed by atoms with Gasteiger partial charge in [0.1, 0.15) is 5.75 Å². The molecule has 1 heterocycles. The van der Waals surface area contributed by atoms with Crippen molar-refractivity contribution in [3.8, 4) is 5.75 Å². The predicted molar refractivity (Wildman–Crippen MR) is 116 cm³/mol. The van der Waals surface area contributed by atoms with Crippen LogP contribution in [0.4, 0.5) is 0 Å². The standard InChI is InChI=1S/C23H28N2O3S/c1-18-7-10-23(28-2)21(15-18)17-24-11-13-25(14-12-24)29(26,27)22-9-8-19-5-3-4-6-20(19)16-22/h3-7,10,15-16H,8-9,11-14,17H2,1-2H3. The zero-order chi connectivity index (χ0) is 20.4. The van der Waals surface area contributed by atoms with E-state index in [4.69, 9.17) is 4.74 Å². The Bertz CT molecular complexity index is 1020. The summed E-state index contributed by atoms with van der Waals surface area (Å²) in [6.45, 7) is 5.34. The van der Waals surface area contributed by atoms with Crippen molar-refractivity contribution < 1.29 is 13.2 Å². The lowest BCUT2D eigenvalue weighted by Crippen LogP contribution is -2.48. The van der Waals surface area contributed by atoms with E-state index in [1.807, 2.05) is 36.4 Å². The van der Waals surface area contributed by atoms with Gasteiger partial charge in [-0.25, -0.2) is 8.42 Å². The Labute approximate surface area is 173 Å². The number of ether oxygens (including phenoxy) is 1. The number of hydrogen-bond acceptors (Lipinski definition) is 4. The van der Waals surface area contributed by atoms with E-state index in [2.05, 4.69) is 24.0 Å². The number of sulfonamides is 1. The maximum Gasteiger partial charge on any atom is 0.239 e. The highest BCUT2D eigenvalue weighted by atomic mass is 32.2. The van der Waals surface area contributed by atoms with Crippen molar-refractivity contribution in [2.24, 2.45) is 0 Å². The molecule has 5 nitrogen and oxygen atoms in total. The summed E-state index contributed by atoms with van der Waals surface area (Å²) in [6.07, 6.45) is 3.23. The molecule has 1 saturated heterocycles. The van der Waals surface area contributed by atoms with Crippen molar-refractivity contribution in [2.75, 3.05) is 33.3 Å². The average molecular weight is 413 g/mol. The molecule has 0 radical (unpaired) electrons. The first-order valence-corrected chi connectivity index (χ1v) is 11.6. The monoisotopic (exact) mass is 412 g/mol. The molecule has 1 aliphatic heterocycles. The van der Waals surface area contributed by atoms with Crippen molar-refractivity contribution in [1.82, 2.24) is 9.21 Å². The predicted octanol–water partition coefficient (Wildman–Crippen LogP) is 3.44. The second-order valence-corrected chi connectivity index (χ2v) is 9.80. The van der Waals surface area contributed by atoms with Crippen LogP contribution in [0, 0.1) is 6.92 Å². The number of rotatable bonds is 5. The summed E-state index contributed by atoms with van der Waals surface area (Å²) in [6, 6.07) is 14.2. The van der Waals surface area contributed by atoms with Gasteiger partial charge in [0, 0.05) is 38.3 Å². The summed E-state index contributed by atoms with van der Waals surface area (Å²) in [5.41, 5.74) is 4.60. The van der Waals surface area contributed by atoms with Crippen LogP contribution in [0.3, 0.4) is 0 Å². The lowest BCUT2D eigenvalue weighted by atomic mass is 9.98. The van der Waals surface area contributed by atoms with Crippen LogP contribution in [0.25, 0.3) is 6.08 Å². The fraction of sp³-hybridized carbons (Fsp3) is 0.391. The van der Waals surface area contributed by atoms with Crippen molar-refractivity contribution in [2.45, 2.75) is 26.3 Å². The number of hydrogen-bond donors (Lipinski definition) is 0. The molecule has 0 amide bonds. The minimum atomic E-state index is -3.40. The van der Waals surface area contributed by atoms with E-state index < -0.39 is 10.0 Å². The largest absolute Gasteiger partial charge is 0.496 e. The van der Waals surface area contributed by atoms with Gasteiger partial charge in [-0.15, -0.1) is 0 Å². The van der Waals surface area contributed by atoms with E-state index in [9.17, 15) is 8.42 Å². The fourth-order valence-corrected chi connectivity index (χ4v) is 5.79. The lowest BCUT2D eigenvalue weighted by molar-refractivity contribution is 0.180. The Morgan fingerprint density at radius 1 is 1.00 bits per heavy atom. The van der Waals surface area contributed by atoms with E-state index in [0.717, 1.165) is 42.9 Å². The Morgan fingerprint density at radius 3 is 2.52 bits per heavy atom. The highest BCUT2D eigenvalue weighted by Gasteiger charge is 2.31. The third-order valence-electron chi connectivity index (χ3n) is 5.84. The van der Waals surface area contributed by atoms with Gasteiger partial charge in [0.2, 0.25) is 10.0 Å². The Balaban J connectivity index is 1.43. The second kappa shape index (κ2) is 8.30. The molecular formula is C23H28N2O3S. The number of fused-ring (bicyclic) bond motifs is 1. The number of aryl methyl sites for hydroxylation is 2.